The van der Waals surface area contributed by atoms with Crippen molar-refractivity contribution in [3.63, 3.8) is 0 Å². The standard InChI is InChI=1S/C26H29BrN4O4S/c1-5-6-12-36-26-29-25-28-16(2)22(24(32)34-4)23(31(25)30-26)18-10-11-20(21(14-18)33-3)35-15-17-8-7-9-19(27)13-17/h7-11,13-14,23H,5-6,12,15H2,1-4H3,(H,28,29,30). The maximum Gasteiger partial charge on any atom is 0.338 e. The molecule has 0 spiro atoms. The van der Waals surface area contributed by atoms with Crippen LogP contribution < -0.4 is 14.8 Å². The van der Waals surface area contributed by atoms with Gasteiger partial charge in [0.15, 0.2) is 11.5 Å². The number of hydrogen-bond donors (Lipinski definition) is 1. The van der Waals surface area contributed by atoms with E-state index in [0.29, 0.717) is 40.5 Å². The van der Waals surface area contributed by atoms with E-state index in [1.807, 2.05) is 49.4 Å². The normalized spacial score (nSPS) is 14.8. The molecule has 0 saturated carbocycles. The Hall–Kier alpha value is -2.98. The Morgan fingerprint density at radius 1 is 1.19 bits per heavy atom. The number of carbonyl (C=O) groups is 1. The lowest BCUT2D eigenvalue weighted by Crippen LogP contribution is -2.29. The van der Waals surface area contributed by atoms with Crippen molar-refractivity contribution in [2.24, 2.45) is 0 Å². The number of ether oxygens (including phenoxy) is 3. The summed E-state index contributed by atoms with van der Waals surface area (Å²) in [4.78, 5) is 17.5. The predicted octanol–water partition coefficient (Wildman–Crippen LogP) is 5.98. The molecule has 1 aromatic heterocycles. The molecule has 1 N–H and O–H groups in total. The van der Waals surface area contributed by atoms with Crippen LogP contribution in [0.25, 0.3) is 0 Å². The summed E-state index contributed by atoms with van der Waals surface area (Å²) in [6.07, 6.45) is 2.18. The van der Waals surface area contributed by atoms with Gasteiger partial charge in [0, 0.05) is 15.9 Å². The maximum absolute atomic E-state index is 12.9. The second-order valence-corrected chi connectivity index (χ2v) is 10.2. The molecule has 10 heteroatoms. The highest BCUT2D eigenvalue weighted by molar-refractivity contribution is 9.10. The highest BCUT2D eigenvalue weighted by Crippen LogP contribution is 2.40. The highest BCUT2D eigenvalue weighted by atomic mass is 79.9. The molecule has 2 aromatic carbocycles. The third-order valence-electron chi connectivity index (χ3n) is 5.75. The van der Waals surface area contributed by atoms with Crippen molar-refractivity contribution in [2.75, 3.05) is 25.3 Å². The fraction of sp³-hybridized carbons (Fsp3) is 0.346. The number of aromatic nitrogens is 3. The largest absolute Gasteiger partial charge is 0.493 e. The fourth-order valence-corrected chi connectivity index (χ4v) is 5.30. The molecule has 1 aliphatic heterocycles. The van der Waals surface area contributed by atoms with Crippen LogP contribution >= 0.6 is 27.7 Å². The minimum Gasteiger partial charge on any atom is -0.493 e. The Labute approximate surface area is 223 Å². The summed E-state index contributed by atoms with van der Waals surface area (Å²) in [5.41, 5.74) is 2.97. The monoisotopic (exact) mass is 572 g/mol. The summed E-state index contributed by atoms with van der Waals surface area (Å²) in [5, 5.41) is 8.61. The van der Waals surface area contributed by atoms with Crippen LogP contribution in [0, 0.1) is 0 Å². The molecule has 190 valence electrons. The van der Waals surface area contributed by atoms with E-state index in [1.165, 1.54) is 7.11 Å². The van der Waals surface area contributed by atoms with Crippen molar-refractivity contribution in [3.05, 3.63) is 69.3 Å². The quantitative estimate of drug-likeness (QED) is 0.180. The second kappa shape index (κ2) is 11.8. The molecular weight excluding hydrogens is 544 g/mol. The van der Waals surface area contributed by atoms with Crippen molar-refractivity contribution in [2.45, 2.75) is 44.5 Å². The lowest BCUT2D eigenvalue weighted by atomic mass is 9.95. The van der Waals surface area contributed by atoms with Gasteiger partial charge in [-0.1, -0.05) is 59.2 Å². The third kappa shape index (κ3) is 5.70. The van der Waals surface area contributed by atoms with Gasteiger partial charge in [-0.3, -0.25) is 0 Å². The number of benzene rings is 2. The first-order valence-corrected chi connectivity index (χ1v) is 13.4. The summed E-state index contributed by atoms with van der Waals surface area (Å²) >= 11 is 5.09. The number of hydrogen-bond acceptors (Lipinski definition) is 8. The molecule has 8 nitrogen and oxygen atoms in total. The first kappa shape index (κ1) is 26.1. The van der Waals surface area contributed by atoms with Crippen LogP contribution in [-0.4, -0.2) is 40.7 Å². The van der Waals surface area contributed by atoms with Crippen LogP contribution in [0.5, 0.6) is 11.5 Å². The van der Waals surface area contributed by atoms with E-state index >= 15 is 0 Å². The average Bonchev–Trinajstić information content (AvgIpc) is 3.28. The van der Waals surface area contributed by atoms with Gasteiger partial charge in [0.2, 0.25) is 11.1 Å². The number of fused-ring (bicyclic) bond motifs is 1. The first-order valence-electron chi connectivity index (χ1n) is 11.7. The highest BCUT2D eigenvalue weighted by Gasteiger charge is 2.35. The van der Waals surface area contributed by atoms with E-state index in [4.69, 9.17) is 19.3 Å². The van der Waals surface area contributed by atoms with Crippen molar-refractivity contribution >= 4 is 39.6 Å². The molecule has 36 heavy (non-hydrogen) atoms. The number of anilines is 1. The number of nitrogens with zero attached hydrogens (tertiary/aromatic N) is 3. The first-order chi connectivity index (χ1) is 17.4. The van der Waals surface area contributed by atoms with Gasteiger partial charge >= 0.3 is 5.97 Å². The van der Waals surface area contributed by atoms with Gasteiger partial charge in [0.1, 0.15) is 12.6 Å². The molecule has 0 radical (unpaired) electrons. The zero-order chi connectivity index (χ0) is 25.7. The van der Waals surface area contributed by atoms with Gasteiger partial charge < -0.3 is 19.5 Å². The van der Waals surface area contributed by atoms with E-state index in [9.17, 15) is 4.79 Å². The predicted molar refractivity (Wildman–Crippen MR) is 144 cm³/mol. The fourth-order valence-electron chi connectivity index (χ4n) is 3.94. The van der Waals surface area contributed by atoms with E-state index in [2.05, 4.69) is 33.2 Å². The number of thioether (sulfide) groups is 1. The van der Waals surface area contributed by atoms with Crippen LogP contribution in [0.4, 0.5) is 5.95 Å². The minimum atomic E-state index is -0.533. The molecule has 2 heterocycles. The Bertz CT molecular complexity index is 1280. The van der Waals surface area contributed by atoms with Crippen LogP contribution in [-0.2, 0) is 16.1 Å². The van der Waals surface area contributed by atoms with Crippen molar-refractivity contribution in [1.29, 1.82) is 0 Å². The molecule has 1 unspecified atom stereocenters. The van der Waals surface area contributed by atoms with E-state index in [1.54, 1.807) is 23.6 Å². The Morgan fingerprint density at radius 3 is 2.75 bits per heavy atom. The second-order valence-electron chi connectivity index (χ2n) is 8.25. The van der Waals surface area contributed by atoms with E-state index in [0.717, 1.165) is 34.2 Å². The number of allylic oxidation sites excluding steroid dienone is 1. The van der Waals surface area contributed by atoms with Crippen molar-refractivity contribution < 1.29 is 19.0 Å². The van der Waals surface area contributed by atoms with E-state index < -0.39 is 12.0 Å². The number of methoxy groups -OCH3 is 2. The molecule has 1 aliphatic rings. The number of carbonyl (C=O) groups excluding carboxylic acids is 1. The smallest absolute Gasteiger partial charge is 0.338 e. The summed E-state index contributed by atoms with van der Waals surface area (Å²) in [6, 6.07) is 13.1. The summed E-state index contributed by atoms with van der Waals surface area (Å²) < 4.78 is 19.6. The molecule has 4 rings (SSSR count). The Morgan fingerprint density at radius 2 is 2.03 bits per heavy atom. The number of halogens is 1. The topological polar surface area (TPSA) is 87.5 Å². The molecule has 1 atom stereocenters. The lowest BCUT2D eigenvalue weighted by Gasteiger charge is -2.28. The number of nitrogens with one attached hydrogen (secondary N) is 1. The minimum absolute atomic E-state index is 0.389. The summed E-state index contributed by atoms with van der Waals surface area (Å²) in [5.74, 6) is 2.24. The number of esters is 1. The van der Waals surface area contributed by atoms with Crippen LogP contribution in [0.3, 0.4) is 0 Å². The molecular formula is C26H29BrN4O4S. The van der Waals surface area contributed by atoms with Gasteiger partial charge in [0.05, 0.1) is 19.8 Å². The maximum atomic E-state index is 12.9. The summed E-state index contributed by atoms with van der Waals surface area (Å²) in [6.45, 7) is 4.38. The Balaban J connectivity index is 1.68. The number of unbranched alkanes of at least 4 members (excludes halogenated alkanes) is 1. The van der Waals surface area contributed by atoms with Crippen LogP contribution in [0.1, 0.15) is 43.9 Å². The zero-order valence-electron chi connectivity index (χ0n) is 20.7. The SMILES string of the molecule is CCCCSc1nc2n(n1)C(c1ccc(OCc3cccc(Br)c3)c(OC)c1)C(C(=O)OC)=C(C)N2. The van der Waals surface area contributed by atoms with Crippen LogP contribution in [0.15, 0.2) is 63.4 Å². The van der Waals surface area contributed by atoms with Crippen molar-refractivity contribution in [3.8, 4) is 11.5 Å². The summed E-state index contributed by atoms with van der Waals surface area (Å²) in [7, 11) is 2.97. The molecule has 0 saturated heterocycles. The van der Waals surface area contributed by atoms with Gasteiger partial charge in [-0.2, -0.15) is 4.98 Å². The van der Waals surface area contributed by atoms with Crippen LogP contribution in [0.2, 0.25) is 0 Å². The molecule has 0 aliphatic carbocycles. The average molecular weight is 574 g/mol. The van der Waals surface area contributed by atoms with Crippen molar-refractivity contribution in [1.82, 2.24) is 14.8 Å². The molecule has 0 bridgehead atoms. The zero-order valence-corrected chi connectivity index (χ0v) is 23.1. The third-order valence-corrected chi connectivity index (χ3v) is 7.17. The van der Waals surface area contributed by atoms with Gasteiger partial charge in [-0.05, 0) is 48.7 Å². The Kier molecular flexibility index (Phi) is 8.58. The molecule has 3 aromatic rings. The van der Waals surface area contributed by atoms with Gasteiger partial charge in [-0.25, -0.2) is 9.48 Å². The van der Waals surface area contributed by atoms with Gasteiger partial charge in [-0.15, -0.1) is 5.10 Å². The molecule has 0 amide bonds. The molecule has 0 fully saturated rings. The number of rotatable bonds is 10. The van der Waals surface area contributed by atoms with Gasteiger partial charge in [0.25, 0.3) is 0 Å². The van der Waals surface area contributed by atoms with E-state index in [-0.39, 0.29) is 0 Å². The lowest BCUT2D eigenvalue weighted by molar-refractivity contribution is -0.136.